The third-order valence-electron chi connectivity index (χ3n) is 6.60. The molecule has 1 N–H and O–H groups in total. The van der Waals surface area contributed by atoms with E-state index < -0.39 is 0 Å². The predicted octanol–water partition coefficient (Wildman–Crippen LogP) is 4.82. The monoisotopic (exact) mass is 476 g/mol. The maximum atomic E-state index is 4.77. The number of piperazine rings is 1. The van der Waals surface area contributed by atoms with Crippen molar-refractivity contribution in [2.75, 3.05) is 38.5 Å². The van der Waals surface area contributed by atoms with Gasteiger partial charge in [-0.2, -0.15) is 0 Å². The summed E-state index contributed by atoms with van der Waals surface area (Å²) in [5.41, 5.74) is 5.75. The Morgan fingerprint density at radius 2 is 1.80 bits per heavy atom. The van der Waals surface area contributed by atoms with E-state index in [0.29, 0.717) is 18.0 Å². The van der Waals surface area contributed by atoms with Gasteiger partial charge >= 0.3 is 0 Å². The van der Waals surface area contributed by atoms with Crippen LogP contribution in [0.25, 0.3) is 16.8 Å². The zero-order valence-electron chi connectivity index (χ0n) is 22.1. The Morgan fingerprint density at radius 1 is 1.09 bits per heavy atom. The number of aromatic nitrogens is 4. The summed E-state index contributed by atoms with van der Waals surface area (Å²) >= 11 is 0. The fraction of sp³-hybridized carbons (Fsp3) is 0.556. The minimum absolute atomic E-state index is 0.451. The van der Waals surface area contributed by atoms with E-state index in [9.17, 15) is 0 Å². The van der Waals surface area contributed by atoms with Crippen LogP contribution in [0.1, 0.15) is 52.7 Å². The minimum Gasteiger partial charge on any atom is -0.350 e. The first-order chi connectivity index (χ1) is 16.9. The van der Waals surface area contributed by atoms with Gasteiger partial charge in [-0.3, -0.25) is 14.9 Å². The van der Waals surface area contributed by atoms with Crippen molar-refractivity contribution < 1.29 is 0 Å². The largest absolute Gasteiger partial charge is 0.350 e. The Hall–Kier alpha value is -2.84. The maximum Gasteiger partial charge on any atom is 0.241 e. The number of aliphatic imine (C=N–C) groups is 1. The summed E-state index contributed by atoms with van der Waals surface area (Å²) in [5, 5.41) is 8.22. The number of anilines is 1. The molecule has 5 rings (SSSR count). The molecule has 0 amide bonds. The first kappa shape index (κ1) is 25.3. The zero-order chi connectivity index (χ0) is 24.9. The number of likely N-dealkylation sites (N-methyl/N-ethyl adjacent to an activating group) is 1. The van der Waals surface area contributed by atoms with Crippen LogP contribution in [0.4, 0.5) is 11.6 Å². The smallest absolute Gasteiger partial charge is 0.241 e. The summed E-state index contributed by atoms with van der Waals surface area (Å²) in [6.45, 7) is 14.9. The van der Waals surface area contributed by atoms with Gasteiger partial charge in [0, 0.05) is 55.7 Å². The first-order valence-corrected chi connectivity index (χ1v) is 12.9. The summed E-state index contributed by atoms with van der Waals surface area (Å²) < 4.78 is 1.89. The lowest BCUT2D eigenvalue weighted by Gasteiger charge is -2.46. The third kappa shape index (κ3) is 6.05. The molecule has 4 heterocycles. The average Bonchev–Trinajstić information content (AvgIpc) is 3.22. The van der Waals surface area contributed by atoms with Crippen molar-refractivity contribution in [3.63, 3.8) is 0 Å². The standard InChI is InChI=1S/C24H32N8.C3H8/c1-16(2)26-21-5-6-22(27-17(21)3)20-7-8-32-23(20)15-25-24(29-32)28-18-13-19(14-18)31-11-9-30(4)10-12-31;1-3-2/h5-8,15,18-19H,9-14H2,1-4H3,(H,28,29);3H2,1-2H3. The average molecular weight is 477 g/mol. The van der Waals surface area contributed by atoms with Crippen LogP contribution in [-0.2, 0) is 0 Å². The predicted molar refractivity (Wildman–Crippen MR) is 145 cm³/mol. The molecule has 35 heavy (non-hydrogen) atoms. The van der Waals surface area contributed by atoms with E-state index in [1.54, 1.807) is 0 Å². The second-order valence-corrected chi connectivity index (χ2v) is 10.0. The van der Waals surface area contributed by atoms with E-state index in [2.05, 4.69) is 52.1 Å². The van der Waals surface area contributed by atoms with Crippen molar-refractivity contribution in [2.45, 2.75) is 66.0 Å². The number of rotatable bonds is 5. The Labute approximate surface area is 209 Å². The van der Waals surface area contributed by atoms with Gasteiger partial charge in [0.25, 0.3) is 0 Å². The molecule has 8 heteroatoms. The van der Waals surface area contributed by atoms with Gasteiger partial charge in [-0.25, -0.2) is 9.50 Å². The fourth-order valence-electron chi connectivity index (χ4n) is 4.62. The van der Waals surface area contributed by atoms with Crippen molar-refractivity contribution in [3.05, 3.63) is 36.3 Å². The highest BCUT2D eigenvalue weighted by Gasteiger charge is 2.35. The third-order valence-corrected chi connectivity index (χ3v) is 6.60. The first-order valence-electron chi connectivity index (χ1n) is 12.9. The maximum absolute atomic E-state index is 4.77. The molecule has 3 aromatic heterocycles. The Kier molecular flexibility index (Phi) is 8.13. The van der Waals surface area contributed by atoms with Crippen LogP contribution in [-0.4, -0.2) is 80.4 Å². The highest BCUT2D eigenvalue weighted by molar-refractivity contribution is 5.83. The normalized spacial score (nSPS) is 20.6. The van der Waals surface area contributed by atoms with E-state index >= 15 is 0 Å². The minimum atomic E-state index is 0.451. The Balaban J connectivity index is 0.000000917. The summed E-state index contributed by atoms with van der Waals surface area (Å²) in [6, 6.07) is 7.24. The number of fused-ring (bicyclic) bond motifs is 1. The highest BCUT2D eigenvalue weighted by atomic mass is 15.3. The molecule has 0 atom stereocenters. The lowest BCUT2D eigenvalue weighted by Crippen LogP contribution is -2.55. The molecular weight excluding hydrogens is 436 g/mol. The van der Waals surface area contributed by atoms with E-state index in [-0.39, 0.29) is 0 Å². The van der Waals surface area contributed by atoms with Gasteiger partial charge in [0.1, 0.15) is 0 Å². The van der Waals surface area contributed by atoms with Gasteiger partial charge in [-0.05, 0) is 58.9 Å². The van der Waals surface area contributed by atoms with Crippen LogP contribution in [0, 0.1) is 6.92 Å². The molecule has 2 fully saturated rings. The van der Waals surface area contributed by atoms with Gasteiger partial charge in [-0.1, -0.05) is 20.3 Å². The lowest BCUT2D eigenvalue weighted by atomic mass is 9.85. The van der Waals surface area contributed by atoms with E-state index in [4.69, 9.17) is 10.1 Å². The van der Waals surface area contributed by atoms with Gasteiger partial charge in [-0.15, -0.1) is 5.10 Å². The SMILES string of the molecule is CC(C)=Nc1ccc(-c2ccn3nc(NC4CC(N5CCN(C)CC5)C4)ncc23)nc1C.CCC. The molecule has 1 saturated heterocycles. The molecule has 0 spiro atoms. The quantitative estimate of drug-likeness (QED) is 0.532. The van der Waals surface area contributed by atoms with Crippen molar-refractivity contribution in [1.29, 1.82) is 0 Å². The van der Waals surface area contributed by atoms with Crippen molar-refractivity contribution >= 4 is 22.9 Å². The summed E-state index contributed by atoms with van der Waals surface area (Å²) in [5.74, 6) is 0.689. The molecule has 0 unspecified atom stereocenters. The van der Waals surface area contributed by atoms with Gasteiger partial charge in [0.05, 0.1) is 28.8 Å². The van der Waals surface area contributed by atoms with E-state index in [1.165, 1.54) is 32.6 Å². The number of aryl methyl sites for hydroxylation is 1. The van der Waals surface area contributed by atoms with Crippen molar-refractivity contribution in [3.8, 4) is 11.3 Å². The highest BCUT2D eigenvalue weighted by Crippen LogP contribution is 2.30. The summed E-state index contributed by atoms with van der Waals surface area (Å²) in [7, 11) is 2.21. The van der Waals surface area contributed by atoms with Crippen LogP contribution >= 0.6 is 0 Å². The summed E-state index contributed by atoms with van der Waals surface area (Å²) in [4.78, 5) is 19.0. The molecule has 188 valence electrons. The second kappa shape index (κ2) is 11.3. The van der Waals surface area contributed by atoms with Crippen LogP contribution in [0.3, 0.4) is 0 Å². The number of nitrogens with one attached hydrogen (secondary N) is 1. The van der Waals surface area contributed by atoms with Crippen molar-refractivity contribution in [2.24, 2.45) is 4.99 Å². The van der Waals surface area contributed by atoms with E-state index in [0.717, 1.165) is 46.7 Å². The fourth-order valence-corrected chi connectivity index (χ4v) is 4.62. The topological polar surface area (TPSA) is 74.0 Å². The van der Waals surface area contributed by atoms with Crippen LogP contribution in [0.15, 0.2) is 35.6 Å². The molecule has 2 aliphatic rings. The number of hydrogen-bond donors (Lipinski definition) is 1. The van der Waals surface area contributed by atoms with Crippen LogP contribution in [0.2, 0.25) is 0 Å². The molecule has 0 aromatic carbocycles. The van der Waals surface area contributed by atoms with E-state index in [1.807, 2.05) is 49.8 Å². The van der Waals surface area contributed by atoms with Gasteiger partial charge < -0.3 is 10.2 Å². The molecule has 0 bridgehead atoms. The Bertz CT molecular complexity index is 1150. The second-order valence-electron chi connectivity index (χ2n) is 10.0. The number of nitrogens with zero attached hydrogens (tertiary/aromatic N) is 7. The number of pyridine rings is 1. The molecule has 0 radical (unpaired) electrons. The molecular formula is C27H40N8. The Morgan fingerprint density at radius 3 is 2.46 bits per heavy atom. The molecule has 8 nitrogen and oxygen atoms in total. The molecule has 1 aliphatic heterocycles. The summed E-state index contributed by atoms with van der Waals surface area (Å²) in [6.07, 6.45) is 7.44. The van der Waals surface area contributed by atoms with Crippen LogP contribution in [0.5, 0.6) is 0 Å². The molecule has 3 aromatic rings. The van der Waals surface area contributed by atoms with Gasteiger partial charge in [0.2, 0.25) is 5.95 Å². The number of hydrogen-bond acceptors (Lipinski definition) is 7. The van der Waals surface area contributed by atoms with Gasteiger partial charge in [0.15, 0.2) is 0 Å². The molecule has 1 aliphatic carbocycles. The van der Waals surface area contributed by atoms with Crippen LogP contribution < -0.4 is 5.32 Å². The molecule has 1 saturated carbocycles. The van der Waals surface area contributed by atoms with Crippen molar-refractivity contribution in [1.82, 2.24) is 29.4 Å². The zero-order valence-corrected chi connectivity index (χ0v) is 22.1. The lowest BCUT2D eigenvalue weighted by molar-refractivity contribution is 0.0656.